The molecular weight excluding hydrogens is 438 g/mol. The second-order valence-electron chi connectivity index (χ2n) is 7.52. The van der Waals surface area contributed by atoms with Crippen LogP contribution >= 0.6 is 15.9 Å². The van der Waals surface area contributed by atoms with Gasteiger partial charge in [0, 0.05) is 17.4 Å². The van der Waals surface area contributed by atoms with Gasteiger partial charge in [0.15, 0.2) is 5.78 Å². The molecule has 29 heavy (non-hydrogen) atoms. The van der Waals surface area contributed by atoms with Gasteiger partial charge in [-0.15, -0.1) is 0 Å². The first-order valence-corrected chi connectivity index (χ1v) is 10.5. The van der Waals surface area contributed by atoms with Crippen LogP contribution in [0.15, 0.2) is 34.8 Å². The highest BCUT2D eigenvalue weighted by Crippen LogP contribution is 2.13. The number of benzene rings is 1. The van der Waals surface area contributed by atoms with Crippen LogP contribution in [-0.4, -0.2) is 48.0 Å². The first-order chi connectivity index (χ1) is 13.6. The summed E-state index contributed by atoms with van der Waals surface area (Å²) in [5, 5.41) is 0. The second kappa shape index (κ2) is 12.4. The van der Waals surface area contributed by atoms with E-state index in [0.717, 1.165) is 10.0 Å². The number of rotatable bonds is 10. The Morgan fingerprint density at radius 1 is 1.10 bits per heavy atom. The van der Waals surface area contributed by atoms with Crippen molar-refractivity contribution in [2.75, 3.05) is 19.7 Å². The van der Waals surface area contributed by atoms with Crippen molar-refractivity contribution in [1.29, 1.82) is 0 Å². The summed E-state index contributed by atoms with van der Waals surface area (Å²) >= 11 is 3.37. The number of carbonyl (C=O) groups is 3. The Morgan fingerprint density at radius 2 is 1.76 bits per heavy atom. The van der Waals surface area contributed by atoms with E-state index in [0.29, 0.717) is 25.8 Å². The van der Waals surface area contributed by atoms with Crippen molar-refractivity contribution in [1.82, 2.24) is 4.90 Å². The van der Waals surface area contributed by atoms with Gasteiger partial charge in [-0.3, -0.25) is 14.5 Å². The lowest BCUT2D eigenvalue weighted by Gasteiger charge is -2.26. The summed E-state index contributed by atoms with van der Waals surface area (Å²) in [6.45, 7) is 7.42. The maximum absolute atomic E-state index is 12.3. The molecule has 1 amide bonds. The van der Waals surface area contributed by atoms with Gasteiger partial charge in [-0.25, -0.2) is 4.79 Å². The number of unbranched alkanes of at least 4 members (excludes halogenated alkanes) is 1. The lowest BCUT2D eigenvalue weighted by atomic mass is 10.1. The van der Waals surface area contributed by atoms with E-state index in [-0.39, 0.29) is 18.9 Å². The van der Waals surface area contributed by atoms with Gasteiger partial charge >= 0.3 is 12.1 Å². The van der Waals surface area contributed by atoms with E-state index in [1.54, 1.807) is 39.8 Å². The third-order valence-electron chi connectivity index (χ3n) is 3.71. The third-order valence-corrected chi connectivity index (χ3v) is 4.24. The fraction of sp³-hybridized carbons (Fsp3) is 0.500. The van der Waals surface area contributed by atoms with Crippen molar-refractivity contribution < 1.29 is 23.9 Å². The number of halogens is 1. The van der Waals surface area contributed by atoms with Gasteiger partial charge in [0.1, 0.15) is 12.1 Å². The summed E-state index contributed by atoms with van der Waals surface area (Å²) in [4.78, 5) is 37.5. The first-order valence-electron chi connectivity index (χ1n) is 9.70. The normalized spacial score (nSPS) is 11.3. The van der Waals surface area contributed by atoms with Crippen molar-refractivity contribution in [3.8, 4) is 0 Å². The van der Waals surface area contributed by atoms with E-state index in [2.05, 4.69) is 15.9 Å². The average Bonchev–Trinajstić information content (AvgIpc) is 2.62. The summed E-state index contributed by atoms with van der Waals surface area (Å²) in [6, 6.07) is 7.67. The largest absolute Gasteiger partial charge is 0.465 e. The van der Waals surface area contributed by atoms with Gasteiger partial charge < -0.3 is 9.47 Å². The van der Waals surface area contributed by atoms with E-state index in [1.165, 1.54) is 4.90 Å². The molecule has 7 heteroatoms. The number of carbonyl (C=O) groups excluding carboxylic acids is 3. The monoisotopic (exact) mass is 467 g/mol. The van der Waals surface area contributed by atoms with Crippen LogP contribution in [0.5, 0.6) is 0 Å². The molecule has 6 nitrogen and oxygen atoms in total. The number of hydrogen-bond donors (Lipinski definition) is 0. The lowest BCUT2D eigenvalue weighted by molar-refractivity contribution is -0.144. The molecule has 1 rings (SSSR count). The molecule has 160 valence electrons. The van der Waals surface area contributed by atoms with E-state index in [1.807, 2.05) is 24.3 Å². The molecule has 0 bridgehead atoms. The second-order valence-corrected chi connectivity index (χ2v) is 8.43. The zero-order chi connectivity index (χ0) is 21.9. The SMILES string of the molecule is CCOC(=O)CN(CCCCC(=O)/C=C/c1ccc(Br)cc1)C(=O)OC(C)(C)C. The molecule has 0 atom stereocenters. The number of hydrogen-bond acceptors (Lipinski definition) is 5. The molecule has 0 spiro atoms. The van der Waals surface area contributed by atoms with Crippen LogP contribution in [0.25, 0.3) is 6.08 Å². The molecule has 0 saturated carbocycles. The standard InChI is InChI=1S/C22H30BrNO5/c1-5-28-20(26)16-24(21(27)29-22(2,3)4)15-7-6-8-19(25)14-11-17-9-12-18(23)13-10-17/h9-14H,5-8,15-16H2,1-4H3/b14-11+. The summed E-state index contributed by atoms with van der Waals surface area (Å²) in [7, 11) is 0. The molecule has 0 aliphatic carbocycles. The summed E-state index contributed by atoms with van der Waals surface area (Å²) in [5.41, 5.74) is 0.296. The Balaban J connectivity index is 2.49. The number of nitrogens with zero attached hydrogens (tertiary/aromatic N) is 1. The molecule has 0 aromatic heterocycles. The van der Waals surface area contributed by atoms with Crippen LogP contribution in [-0.2, 0) is 19.1 Å². The highest BCUT2D eigenvalue weighted by atomic mass is 79.9. The maximum Gasteiger partial charge on any atom is 0.410 e. The molecule has 0 fully saturated rings. The van der Waals surface area contributed by atoms with Crippen molar-refractivity contribution in [3.63, 3.8) is 0 Å². The Morgan fingerprint density at radius 3 is 2.34 bits per heavy atom. The van der Waals surface area contributed by atoms with Crippen molar-refractivity contribution in [2.24, 2.45) is 0 Å². The van der Waals surface area contributed by atoms with Crippen LogP contribution < -0.4 is 0 Å². The quantitative estimate of drug-likeness (QED) is 0.275. The van der Waals surface area contributed by atoms with Gasteiger partial charge in [0.2, 0.25) is 0 Å². The van der Waals surface area contributed by atoms with Gasteiger partial charge in [-0.05, 0) is 64.3 Å². The Hall–Kier alpha value is -2.15. The summed E-state index contributed by atoms with van der Waals surface area (Å²) < 4.78 is 11.3. The number of esters is 1. The minimum absolute atomic E-state index is 0.0159. The molecule has 0 heterocycles. The zero-order valence-electron chi connectivity index (χ0n) is 17.6. The molecule has 1 aromatic rings. The zero-order valence-corrected chi connectivity index (χ0v) is 19.2. The van der Waals surface area contributed by atoms with Crippen molar-refractivity contribution >= 4 is 39.9 Å². The molecule has 0 aliphatic rings. The van der Waals surface area contributed by atoms with E-state index in [4.69, 9.17) is 9.47 Å². The fourth-order valence-electron chi connectivity index (χ4n) is 2.37. The van der Waals surface area contributed by atoms with E-state index < -0.39 is 17.7 Å². The molecule has 0 radical (unpaired) electrons. The predicted octanol–water partition coefficient (Wildman–Crippen LogP) is 5.00. The molecule has 0 saturated heterocycles. The lowest BCUT2D eigenvalue weighted by Crippen LogP contribution is -2.40. The summed E-state index contributed by atoms with van der Waals surface area (Å²) in [5.74, 6) is -0.464. The third kappa shape index (κ3) is 11.4. The number of amides is 1. The maximum atomic E-state index is 12.3. The first kappa shape index (κ1) is 24.9. The van der Waals surface area contributed by atoms with Gasteiger partial charge in [-0.2, -0.15) is 0 Å². The number of ketones is 1. The Kier molecular flexibility index (Phi) is 10.7. The van der Waals surface area contributed by atoms with Crippen LogP contribution in [0.2, 0.25) is 0 Å². The molecular formula is C22H30BrNO5. The molecule has 0 aliphatic heterocycles. The number of ether oxygens (including phenoxy) is 2. The fourth-order valence-corrected chi connectivity index (χ4v) is 2.64. The molecule has 1 aromatic carbocycles. The molecule has 0 N–H and O–H groups in total. The topological polar surface area (TPSA) is 72.9 Å². The van der Waals surface area contributed by atoms with Crippen LogP contribution in [0.3, 0.4) is 0 Å². The van der Waals surface area contributed by atoms with Crippen molar-refractivity contribution in [3.05, 3.63) is 40.4 Å². The van der Waals surface area contributed by atoms with E-state index >= 15 is 0 Å². The molecule has 0 unspecified atom stereocenters. The number of allylic oxidation sites excluding steroid dienone is 1. The summed E-state index contributed by atoms with van der Waals surface area (Å²) in [6.07, 6.45) is 4.33. The average molecular weight is 468 g/mol. The smallest absolute Gasteiger partial charge is 0.410 e. The van der Waals surface area contributed by atoms with E-state index in [9.17, 15) is 14.4 Å². The highest BCUT2D eigenvalue weighted by Gasteiger charge is 2.24. The van der Waals surface area contributed by atoms with Crippen LogP contribution in [0, 0.1) is 0 Å². The Bertz CT molecular complexity index is 707. The van der Waals surface area contributed by atoms with Crippen LogP contribution in [0.4, 0.5) is 4.79 Å². The van der Waals surface area contributed by atoms with Gasteiger partial charge in [0.05, 0.1) is 6.61 Å². The predicted molar refractivity (Wildman–Crippen MR) is 116 cm³/mol. The van der Waals surface area contributed by atoms with Gasteiger partial charge in [-0.1, -0.05) is 34.1 Å². The minimum Gasteiger partial charge on any atom is -0.465 e. The highest BCUT2D eigenvalue weighted by molar-refractivity contribution is 9.10. The van der Waals surface area contributed by atoms with Crippen molar-refractivity contribution in [2.45, 2.75) is 52.6 Å². The van der Waals surface area contributed by atoms with Crippen LogP contribution in [0.1, 0.15) is 52.5 Å². The van der Waals surface area contributed by atoms with Gasteiger partial charge in [0.25, 0.3) is 0 Å². The Labute approximate surface area is 181 Å². The minimum atomic E-state index is -0.655.